The molecule has 0 atom stereocenters. The molecule has 9 nitrogen and oxygen atoms in total. The number of aliphatic carboxylic acids is 1. The van der Waals surface area contributed by atoms with Crippen LogP contribution in [0.3, 0.4) is 0 Å². The molecule has 6 N–H and O–H groups in total. The molecule has 10 heteroatoms. The van der Waals surface area contributed by atoms with Crippen LogP contribution in [0.15, 0.2) is 72.8 Å². The molecule has 0 radical (unpaired) electrons. The lowest BCUT2D eigenvalue weighted by molar-refractivity contribution is -0.136. The Morgan fingerprint density at radius 1 is 0.939 bits per heavy atom. The molecule has 0 heterocycles. The highest BCUT2D eigenvalue weighted by atomic mass is 32.2. The standard InChI is InChI=1S/C22H19N3O3.CH4O3S/c23-21(24)14-9-11-16(12-10-14)25-22(28)19-8-4-3-7-18(19)17-6-2-1-5-15(17)13-20(26)27;1-5(2,3)4/h1-12H,13H2,(H3,23,24)(H,25,28)(H,26,27);1H3,(H,2,3,4). The number of nitrogens with two attached hydrogens (primary N) is 1. The van der Waals surface area contributed by atoms with Gasteiger partial charge in [0.25, 0.3) is 16.0 Å². The Bertz CT molecular complexity index is 1260. The van der Waals surface area contributed by atoms with Crippen LogP contribution in [0.2, 0.25) is 0 Å². The molecule has 172 valence electrons. The number of amidine groups is 1. The number of carboxylic acid groups (broad SMARTS) is 1. The van der Waals surface area contributed by atoms with E-state index in [4.69, 9.17) is 20.8 Å². The van der Waals surface area contributed by atoms with Crippen molar-refractivity contribution in [1.29, 1.82) is 5.41 Å². The Kier molecular flexibility index (Phi) is 8.43. The number of carbonyl (C=O) groups excluding carboxylic acids is 1. The summed E-state index contributed by atoms with van der Waals surface area (Å²) in [6, 6.07) is 20.9. The van der Waals surface area contributed by atoms with Gasteiger partial charge in [0.1, 0.15) is 5.84 Å². The third-order valence-corrected chi connectivity index (χ3v) is 4.27. The number of rotatable bonds is 6. The van der Waals surface area contributed by atoms with Crippen molar-refractivity contribution in [3.05, 3.63) is 89.5 Å². The van der Waals surface area contributed by atoms with Gasteiger partial charge in [-0.15, -0.1) is 0 Å². The molecule has 1 amide bonds. The van der Waals surface area contributed by atoms with Crippen LogP contribution < -0.4 is 11.1 Å². The van der Waals surface area contributed by atoms with E-state index < -0.39 is 16.1 Å². The molecule has 3 aromatic rings. The molecule has 0 fully saturated rings. The maximum atomic E-state index is 12.9. The fraction of sp³-hybridized carbons (Fsp3) is 0.0870. The van der Waals surface area contributed by atoms with Gasteiger partial charge in [0, 0.05) is 16.8 Å². The first-order chi connectivity index (χ1) is 15.5. The Morgan fingerprint density at radius 2 is 1.45 bits per heavy atom. The molecule has 0 spiro atoms. The van der Waals surface area contributed by atoms with Gasteiger partial charge in [-0.3, -0.25) is 19.6 Å². The van der Waals surface area contributed by atoms with E-state index in [9.17, 15) is 18.0 Å². The van der Waals surface area contributed by atoms with Gasteiger partial charge in [0.05, 0.1) is 12.7 Å². The lowest BCUT2D eigenvalue weighted by Crippen LogP contribution is -2.14. The number of anilines is 1. The predicted octanol–water partition coefficient (Wildman–Crippen LogP) is 3.02. The molecule has 0 aliphatic carbocycles. The van der Waals surface area contributed by atoms with Gasteiger partial charge in [0.2, 0.25) is 0 Å². The SMILES string of the molecule is CS(=O)(=O)O.N=C(N)c1ccc(NC(=O)c2ccccc2-c2ccccc2CC(=O)O)cc1. The molecule has 0 unspecified atom stereocenters. The number of nitrogen functional groups attached to an aromatic ring is 1. The minimum atomic E-state index is -3.67. The van der Waals surface area contributed by atoms with E-state index in [0.29, 0.717) is 39.8 Å². The number of carbonyl (C=O) groups is 2. The average Bonchev–Trinajstić information content (AvgIpc) is 2.73. The van der Waals surface area contributed by atoms with E-state index in [-0.39, 0.29) is 18.2 Å². The summed E-state index contributed by atoms with van der Waals surface area (Å²) in [5.41, 5.74) is 9.04. The van der Waals surface area contributed by atoms with Gasteiger partial charge in [0.15, 0.2) is 0 Å². The minimum Gasteiger partial charge on any atom is -0.481 e. The Hall–Kier alpha value is -4.02. The van der Waals surface area contributed by atoms with Gasteiger partial charge in [-0.25, -0.2) is 0 Å². The zero-order valence-electron chi connectivity index (χ0n) is 17.6. The second kappa shape index (κ2) is 11.0. The Labute approximate surface area is 191 Å². The lowest BCUT2D eigenvalue weighted by Gasteiger charge is -2.13. The van der Waals surface area contributed by atoms with Gasteiger partial charge in [-0.05, 0) is 47.0 Å². The first-order valence-electron chi connectivity index (χ1n) is 9.53. The molecule has 0 aliphatic heterocycles. The highest BCUT2D eigenvalue weighted by Crippen LogP contribution is 2.28. The predicted molar refractivity (Wildman–Crippen MR) is 126 cm³/mol. The highest BCUT2D eigenvalue weighted by molar-refractivity contribution is 7.85. The van der Waals surface area contributed by atoms with Crippen molar-refractivity contribution >= 4 is 33.5 Å². The van der Waals surface area contributed by atoms with Crippen LogP contribution in [0.5, 0.6) is 0 Å². The van der Waals surface area contributed by atoms with E-state index in [0.717, 1.165) is 0 Å². The van der Waals surface area contributed by atoms with Crippen LogP contribution in [0.1, 0.15) is 21.5 Å². The fourth-order valence-corrected chi connectivity index (χ4v) is 2.95. The summed E-state index contributed by atoms with van der Waals surface area (Å²) in [6.07, 6.45) is 0.589. The minimum absolute atomic E-state index is 0.0433. The van der Waals surface area contributed by atoms with Crippen LogP contribution >= 0.6 is 0 Å². The van der Waals surface area contributed by atoms with Gasteiger partial charge in [-0.2, -0.15) is 8.42 Å². The second-order valence-corrected chi connectivity index (χ2v) is 8.42. The van der Waals surface area contributed by atoms with Gasteiger partial charge in [-0.1, -0.05) is 42.5 Å². The van der Waals surface area contributed by atoms with Crippen molar-refractivity contribution in [2.24, 2.45) is 5.73 Å². The van der Waals surface area contributed by atoms with Crippen LogP contribution in [-0.4, -0.2) is 42.0 Å². The first-order valence-corrected chi connectivity index (χ1v) is 11.4. The number of hydrogen-bond acceptors (Lipinski definition) is 5. The monoisotopic (exact) mass is 469 g/mol. The average molecular weight is 470 g/mol. The van der Waals surface area contributed by atoms with Crippen molar-refractivity contribution in [2.45, 2.75) is 6.42 Å². The Balaban J connectivity index is 0.000000696. The molecule has 3 aromatic carbocycles. The maximum absolute atomic E-state index is 12.9. The van der Waals surface area contributed by atoms with Gasteiger partial charge >= 0.3 is 5.97 Å². The molecular weight excluding hydrogens is 446 g/mol. The van der Waals surface area contributed by atoms with Crippen LogP contribution in [0.25, 0.3) is 11.1 Å². The van der Waals surface area contributed by atoms with E-state index in [1.54, 1.807) is 54.6 Å². The molecule has 0 aromatic heterocycles. The van der Waals surface area contributed by atoms with Gasteiger partial charge < -0.3 is 16.2 Å². The molecule has 0 saturated carbocycles. The highest BCUT2D eigenvalue weighted by Gasteiger charge is 2.16. The summed E-state index contributed by atoms with van der Waals surface area (Å²) in [5.74, 6) is -1.28. The normalized spacial score (nSPS) is 10.5. The summed E-state index contributed by atoms with van der Waals surface area (Å²) in [6.45, 7) is 0. The van der Waals surface area contributed by atoms with Crippen LogP contribution in [0.4, 0.5) is 5.69 Å². The zero-order valence-corrected chi connectivity index (χ0v) is 18.5. The summed E-state index contributed by atoms with van der Waals surface area (Å²) >= 11 is 0. The lowest BCUT2D eigenvalue weighted by atomic mass is 9.93. The van der Waals surface area contributed by atoms with Crippen molar-refractivity contribution in [1.82, 2.24) is 0 Å². The Morgan fingerprint density at radius 3 is 2.00 bits per heavy atom. The second-order valence-electron chi connectivity index (χ2n) is 6.95. The van der Waals surface area contributed by atoms with Crippen molar-refractivity contribution in [3.63, 3.8) is 0 Å². The summed E-state index contributed by atoms with van der Waals surface area (Å²) in [5, 5.41) is 19.4. The zero-order chi connectivity index (χ0) is 24.6. The number of amides is 1. The quantitative estimate of drug-likeness (QED) is 0.210. The molecule has 0 saturated heterocycles. The number of benzene rings is 3. The van der Waals surface area contributed by atoms with E-state index >= 15 is 0 Å². The molecule has 3 rings (SSSR count). The summed E-state index contributed by atoms with van der Waals surface area (Å²) in [7, 11) is -3.67. The summed E-state index contributed by atoms with van der Waals surface area (Å²) in [4.78, 5) is 24.1. The number of carboxylic acids is 1. The fourth-order valence-electron chi connectivity index (χ4n) is 2.95. The van der Waals surface area contributed by atoms with Crippen molar-refractivity contribution in [3.8, 4) is 11.1 Å². The molecule has 33 heavy (non-hydrogen) atoms. The molecule has 0 aliphatic rings. The van der Waals surface area contributed by atoms with E-state index in [1.165, 1.54) is 0 Å². The largest absolute Gasteiger partial charge is 0.481 e. The smallest absolute Gasteiger partial charge is 0.307 e. The first kappa shape index (κ1) is 25.2. The number of nitrogens with one attached hydrogen (secondary N) is 2. The third-order valence-electron chi connectivity index (χ3n) is 4.27. The van der Waals surface area contributed by atoms with Crippen LogP contribution in [0, 0.1) is 5.41 Å². The topological polar surface area (TPSA) is 171 Å². The van der Waals surface area contributed by atoms with Crippen molar-refractivity contribution < 1.29 is 27.7 Å². The third kappa shape index (κ3) is 8.20. The molecular formula is C23H23N3O6S. The van der Waals surface area contributed by atoms with Crippen molar-refractivity contribution in [2.75, 3.05) is 11.6 Å². The molecule has 0 bridgehead atoms. The summed E-state index contributed by atoms with van der Waals surface area (Å²) < 4.78 is 25.9. The van der Waals surface area contributed by atoms with E-state index in [1.807, 2.05) is 18.2 Å². The maximum Gasteiger partial charge on any atom is 0.307 e. The number of hydrogen-bond donors (Lipinski definition) is 5. The van der Waals surface area contributed by atoms with E-state index in [2.05, 4.69) is 5.32 Å². The van der Waals surface area contributed by atoms with Crippen LogP contribution in [-0.2, 0) is 21.3 Å².